The lowest BCUT2D eigenvalue weighted by Crippen LogP contribution is -2.36. The van der Waals surface area contributed by atoms with Gasteiger partial charge in [-0.05, 0) is 31.5 Å². The summed E-state index contributed by atoms with van der Waals surface area (Å²) in [5, 5.41) is 7.76. The Kier molecular flexibility index (Phi) is 12.0. The smallest absolute Gasteiger partial charge is 0.251 e. The van der Waals surface area contributed by atoms with Crippen LogP contribution in [-0.4, -0.2) is 50.6 Å². The largest absolute Gasteiger partial charge is 0.382 e. The summed E-state index contributed by atoms with van der Waals surface area (Å²) in [6, 6.07) is 6.56. The summed E-state index contributed by atoms with van der Waals surface area (Å²) in [6.07, 6.45) is 0.733. The molecular formula is C16H25ClN4O4. The molecule has 9 heteroatoms. The highest BCUT2D eigenvalue weighted by molar-refractivity contribution is 5.98. The lowest BCUT2D eigenvalue weighted by molar-refractivity contribution is -0.123. The molecule has 3 amide bonds. The topological polar surface area (TPSA) is 123 Å². The number of amides is 3. The van der Waals surface area contributed by atoms with Gasteiger partial charge in [0.25, 0.3) is 5.91 Å². The molecule has 0 heterocycles. The van der Waals surface area contributed by atoms with Crippen LogP contribution >= 0.6 is 12.4 Å². The van der Waals surface area contributed by atoms with E-state index in [0.29, 0.717) is 31.0 Å². The predicted molar refractivity (Wildman–Crippen MR) is 97.8 cm³/mol. The van der Waals surface area contributed by atoms with Crippen molar-refractivity contribution >= 4 is 35.8 Å². The molecule has 0 fully saturated rings. The molecule has 1 rings (SSSR count). The molecule has 25 heavy (non-hydrogen) atoms. The highest BCUT2D eigenvalue weighted by atomic mass is 35.5. The van der Waals surface area contributed by atoms with Gasteiger partial charge in [0.1, 0.15) is 0 Å². The van der Waals surface area contributed by atoms with Gasteiger partial charge in [-0.15, -0.1) is 12.4 Å². The minimum atomic E-state index is -0.412. The molecule has 0 aliphatic rings. The normalized spacial score (nSPS) is 9.68. The lowest BCUT2D eigenvalue weighted by atomic mass is 10.2. The van der Waals surface area contributed by atoms with Crippen LogP contribution < -0.4 is 21.7 Å². The average molecular weight is 373 g/mol. The fourth-order valence-corrected chi connectivity index (χ4v) is 1.82. The number of hydrogen-bond acceptors (Lipinski definition) is 5. The lowest BCUT2D eigenvalue weighted by Gasteiger charge is -2.09. The van der Waals surface area contributed by atoms with Crippen molar-refractivity contribution in [2.45, 2.75) is 13.3 Å². The molecule has 0 radical (unpaired) electrons. The summed E-state index contributed by atoms with van der Waals surface area (Å²) in [7, 11) is 0. The van der Waals surface area contributed by atoms with E-state index in [2.05, 4.69) is 16.0 Å². The zero-order valence-electron chi connectivity index (χ0n) is 14.2. The van der Waals surface area contributed by atoms with E-state index in [0.717, 1.165) is 6.42 Å². The Labute approximate surface area is 153 Å². The number of carbonyl (C=O) groups excluding carboxylic acids is 3. The first-order chi connectivity index (χ1) is 11.6. The molecule has 8 nitrogen and oxygen atoms in total. The van der Waals surface area contributed by atoms with E-state index < -0.39 is 11.8 Å². The van der Waals surface area contributed by atoms with Crippen molar-refractivity contribution in [2.75, 3.05) is 38.2 Å². The van der Waals surface area contributed by atoms with Crippen LogP contribution in [0.2, 0.25) is 0 Å². The molecule has 140 valence electrons. The SMILES string of the molecule is CCOCCCNC(=O)c1cccc(NC(=O)CNC(=O)CN)c1.Cl. The van der Waals surface area contributed by atoms with Gasteiger partial charge in [-0.3, -0.25) is 14.4 Å². The summed E-state index contributed by atoms with van der Waals surface area (Å²) in [5.74, 6) is -1.03. The number of hydrogen-bond donors (Lipinski definition) is 4. The third-order valence-corrected chi connectivity index (χ3v) is 3.00. The maximum atomic E-state index is 12.0. The quantitative estimate of drug-likeness (QED) is 0.439. The molecule has 0 spiro atoms. The third kappa shape index (κ3) is 9.65. The van der Waals surface area contributed by atoms with E-state index in [1.807, 2.05) is 6.92 Å². The van der Waals surface area contributed by atoms with E-state index in [1.54, 1.807) is 24.3 Å². The Hall–Kier alpha value is -2.16. The number of rotatable bonds is 10. The van der Waals surface area contributed by atoms with Crippen molar-refractivity contribution in [1.82, 2.24) is 10.6 Å². The van der Waals surface area contributed by atoms with Crippen LogP contribution in [0.1, 0.15) is 23.7 Å². The Bertz CT molecular complexity index is 569. The van der Waals surface area contributed by atoms with Crippen molar-refractivity contribution in [2.24, 2.45) is 5.73 Å². The van der Waals surface area contributed by atoms with E-state index in [9.17, 15) is 14.4 Å². The zero-order chi connectivity index (χ0) is 17.8. The summed E-state index contributed by atoms with van der Waals surface area (Å²) in [6.45, 7) is 3.33. The number of carbonyl (C=O) groups is 3. The van der Waals surface area contributed by atoms with E-state index >= 15 is 0 Å². The van der Waals surface area contributed by atoms with Crippen molar-refractivity contribution < 1.29 is 19.1 Å². The molecule has 5 N–H and O–H groups in total. The van der Waals surface area contributed by atoms with Crippen LogP contribution in [0.5, 0.6) is 0 Å². The fraction of sp³-hybridized carbons (Fsp3) is 0.438. The van der Waals surface area contributed by atoms with Crippen molar-refractivity contribution in [3.05, 3.63) is 29.8 Å². The summed E-state index contributed by atoms with van der Waals surface area (Å²) in [4.78, 5) is 34.7. The van der Waals surface area contributed by atoms with Crippen molar-refractivity contribution in [3.8, 4) is 0 Å². The van der Waals surface area contributed by atoms with Gasteiger partial charge in [0.05, 0.1) is 13.1 Å². The van der Waals surface area contributed by atoms with E-state index in [1.165, 1.54) is 0 Å². The molecule has 0 unspecified atom stereocenters. The Balaban J connectivity index is 0.00000576. The number of anilines is 1. The van der Waals surface area contributed by atoms with Gasteiger partial charge >= 0.3 is 0 Å². The zero-order valence-corrected chi connectivity index (χ0v) is 15.0. The first-order valence-corrected chi connectivity index (χ1v) is 7.79. The van der Waals surface area contributed by atoms with Gasteiger partial charge in [0.2, 0.25) is 11.8 Å². The number of benzene rings is 1. The summed E-state index contributed by atoms with van der Waals surface area (Å²) in [5.41, 5.74) is 6.05. The Morgan fingerprint density at radius 1 is 1.16 bits per heavy atom. The second-order valence-corrected chi connectivity index (χ2v) is 4.92. The molecular weight excluding hydrogens is 348 g/mol. The first kappa shape index (κ1) is 22.8. The summed E-state index contributed by atoms with van der Waals surface area (Å²) < 4.78 is 5.20. The van der Waals surface area contributed by atoms with Gasteiger partial charge in [-0.25, -0.2) is 0 Å². The minimum Gasteiger partial charge on any atom is -0.382 e. The van der Waals surface area contributed by atoms with Crippen LogP contribution in [0.3, 0.4) is 0 Å². The van der Waals surface area contributed by atoms with E-state index in [4.69, 9.17) is 10.5 Å². The fourth-order valence-electron chi connectivity index (χ4n) is 1.82. The van der Waals surface area contributed by atoms with Crippen LogP contribution in [0.15, 0.2) is 24.3 Å². The van der Waals surface area contributed by atoms with Crippen LogP contribution in [0, 0.1) is 0 Å². The van der Waals surface area contributed by atoms with Crippen LogP contribution in [-0.2, 0) is 14.3 Å². The molecule has 1 aromatic rings. The highest BCUT2D eigenvalue weighted by Gasteiger charge is 2.08. The monoisotopic (exact) mass is 372 g/mol. The maximum absolute atomic E-state index is 12.0. The first-order valence-electron chi connectivity index (χ1n) is 7.79. The standard InChI is InChI=1S/C16H24N4O4.ClH/c1-2-24-8-4-7-18-16(23)12-5-3-6-13(9-12)20-15(22)11-19-14(21)10-17;/h3,5-6,9H,2,4,7-8,10-11,17H2,1H3,(H,18,23)(H,19,21)(H,20,22);1H. The molecule has 0 aliphatic carbocycles. The Morgan fingerprint density at radius 2 is 1.92 bits per heavy atom. The molecule has 0 aliphatic heterocycles. The van der Waals surface area contributed by atoms with Crippen molar-refractivity contribution in [3.63, 3.8) is 0 Å². The van der Waals surface area contributed by atoms with Gasteiger partial charge in [0, 0.05) is 31.0 Å². The minimum absolute atomic E-state index is 0. The highest BCUT2D eigenvalue weighted by Crippen LogP contribution is 2.10. The van der Waals surface area contributed by atoms with Gasteiger partial charge in [-0.2, -0.15) is 0 Å². The van der Waals surface area contributed by atoms with Crippen molar-refractivity contribution in [1.29, 1.82) is 0 Å². The number of nitrogens with one attached hydrogen (secondary N) is 3. The van der Waals surface area contributed by atoms with Crippen LogP contribution in [0.4, 0.5) is 5.69 Å². The predicted octanol–water partition coefficient (Wildman–Crippen LogP) is 0.278. The van der Waals surface area contributed by atoms with E-state index in [-0.39, 0.29) is 31.4 Å². The van der Waals surface area contributed by atoms with Gasteiger partial charge in [0.15, 0.2) is 0 Å². The second kappa shape index (κ2) is 13.2. The molecule has 0 aromatic heterocycles. The molecule has 0 atom stereocenters. The van der Waals surface area contributed by atoms with Crippen LogP contribution in [0.25, 0.3) is 0 Å². The molecule has 0 bridgehead atoms. The average Bonchev–Trinajstić information content (AvgIpc) is 2.59. The van der Waals surface area contributed by atoms with Gasteiger partial charge in [-0.1, -0.05) is 6.07 Å². The Morgan fingerprint density at radius 3 is 2.60 bits per heavy atom. The maximum Gasteiger partial charge on any atom is 0.251 e. The van der Waals surface area contributed by atoms with Gasteiger partial charge < -0.3 is 26.4 Å². The third-order valence-electron chi connectivity index (χ3n) is 3.00. The molecule has 1 aromatic carbocycles. The molecule has 0 saturated heterocycles. The number of halogens is 1. The second-order valence-electron chi connectivity index (χ2n) is 4.92. The number of ether oxygens (including phenoxy) is 1. The molecule has 0 saturated carbocycles. The number of nitrogens with two attached hydrogens (primary N) is 1. The summed E-state index contributed by atoms with van der Waals surface area (Å²) >= 11 is 0.